The maximum Gasteiger partial charge on any atom is 0.239 e. The van der Waals surface area contributed by atoms with Gasteiger partial charge in [-0.05, 0) is 19.3 Å². The van der Waals surface area contributed by atoms with Gasteiger partial charge in [-0.2, -0.15) is 0 Å². The van der Waals surface area contributed by atoms with Crippen LogP contribution < -0.4 is 16.4 Å². The van der Waals surface area contributed by atoms with Crippen LogP contribution in [0.2, 0.25) is 0 Å². The van der Waals surface area contributed by atoms with Crippen molar-refractivity contribution in [2.24, 2.45) is 5.73 Å². The highest BCUT2D eigenvalue weighted by atomic mass is 16.5. The number of hydrogen-bond donors (Lipinski definition) is 3. The molecule has 2 amide bonds. The van der Waals surface area contributed by atoms with E-state index in [4.69, 9.17) is 10.5 Å². The van der Waals surface area contributed by atoms with E-state index in [1.807, 2.05) is 0 Å². The summed E-state index contributed by atoms with van der Waals surface area (Å²) in [5.74, 6) is -0.519. The third kappa shape index (κ3) is 5.09. The smallest absolute Gasteiger partial charge is 0.239 e. The Morgan fingerprint density at radius 3 is 2.75 bits per heavy atom. The van der Waals surface area contributed by atoms with Crippen molar-refractivity contribution in [2.75, 3.05) is 26.2 Å². The molecule has 1 aliphatic heterocycles. The highest BCUT2D eigenvalue weighted by molar-refractivity contribution is 5.85. The fourth-order valence-corrected chi connectivity index (χ4v) is 1.56. The van der Waals surface area contributed by atoms with Gasteiger partial charge in [0, 0.05) is 13.2 Å². The Labute approximate surface area is 94.9 Å². The van der Waals surface area contributed by atoms with E-state index in [-0.39, 0.29) is 31.0 Å². The van der Waals surface area contributed by atoms with Crippen molar-refractivity contribution in [3.63, 3.8) is 0 Å². The van der Waals surface area contributed by atoms with Crippen molar-refractivity contribution in [3.05, 3.63) is 0 Å². The van der Waals surface area contributed by atoms with Crippen molar-refractivity contribution in [1.29, 1.82) is 0 Å². The molecular weight excluding hydrogens is 210 g/mol. The number of rotatable bonds is 6. The molecule has 6 heteroatoms. The zero-order valence-corrected chi connectivity index (χ0v) is 9.33. The number of carbonyl (C=O) groups excluding carboxylic acids is 2. The molecule has 0 aromatic rings. The number of nitrogens with two attached hydrogens (primary N) is 1. The van der Waals surface area contributed by atoms with E-state index in [9.17, 15) is 9.59 Å². The summed E-state index contributed by atoms with van der Waals surface area (Å²) in [7, 11) is 0. The van der Waals surface area contributed by atoms with Gasteiger partial charge in [0.1, 0.15) is 0 Å². The second kappa shape index (κ2) is 7.19. The van der Waals surface area contributed by atoms with Crippen molar-refractivity contribution >= 4 is 11.8 Å². The molecule has 0 aromatic heterocycles. The van der Waals surface area contributed by atoms with Crippen LogP contribution in [0.3, 0.4) is 0 Å². The number of amides is 2. The fourth-order valence-electron chi connectivity index (χ4n) is 1.56. The van der Waals surface area contributed by atoms with Gasteiger partial charge in [-0.15, -0.1) is 0 Å². The Hall–Kier alpha value is -1.14. The fraction of sp³-hybridized carbons (Fsp3) is 0.800. The monoisotopic (exact) mass is 229 g/mol. The van der Waals surface area contributed by atoms with E-state index in [0.717, 1.165) is 25.9 Å². The van der Waals surface area contributed by atoms with E-state index < -0.39 is 0 Å². The second-order valence-corrected chi connectivity index (χ2v) is 3.75. The first kappa shape index (κ1) is 12.9. The molecule has 1 aliphatic rings. The summed E-state index contributed by atoms with van der Waals surface area (Å²) in [5.41, 5.74) is 5.08. The summed E-state index contributed by atoms with van der Waals surface area (Å²) in [4.78, 5) is 22.0. The highest BCUT2D eigenvalue weighted by Gasteiger charge is 2.15. The third-order valence-corrected chi connectivity index (χ3v) is 2.44. The standard InChI is InChI=1S/C10H19N3O3/c11-6-9(14)13-7-10(15)12-4-3-8-2-1-5-16-8/h8H,1-7,11H2,(H,12,15)(H,13,14). The number of nitrogens with one attached hydrogen (secondary N) is 2. The normalized spacial score (nSPS) is 19.4. The van der Waals surface area contributed by atoms with Gasteiger partial charge in [0.05, 0.1) is 19.2 Å². The summed E-state index contributed by atoms with van der Waals surface area (Å²) in [5, 5.41) is 5.12. The average molecular weight is 229 g/mol. The Bertz CT molecular complexity index is 239. The Balaban J connectivity index is 1.99. The zero-order chi connectivity index (χ0) is 11.8. The Morgan fingerprint density at radius 2 is 2.12 bits per heavy atom. The van der Waals surface area contributed by atoms with Gasteiger partial charge < -0.3 is 21.1 Å². The van der Waals surface area contributed by atoms with Crippen LogP contribution in [0.1, 0.15) is 19.3 Å². The molecule has 1 saturated heterocycles. The van der Waals surface area contributed by atoms with Crippen LogP contribution in [-0.4, -0.2) is 44.2 Å². The summed E-state index contributed by atoms with van der Waals surface area (Å²) in [6, 6.07) is 0. The molecule has 16 heavy (non-hydrogen) atoms. The Morgan fingerprint density at radius 1 is 1.31 bits per heavy atom. The van der Waals surface area contributed by atoms with Crippen LogP contribution in [0.4, 0.5) is 0 Å². The molecule has 0 aromatic carbocycles. The molecule has 4 N–H and O–H groups in total. The van der Waals surface area contributed by atoms with Crippen molar-refractivity contribution in [3.8, 4) is 0 Å². The summed E-state index contributed by atoms with van der Waals surface area (Å²) in [6.07, 6.45) is 3.28. The van der Waals surface area contributed by atoms with E-state index in [1.165, 1.54) is 0 Å². The lowest BCUT2D eigenvalue weighted by Crippen LogP contribution is -2.40. The quantitative estimate of drug-likeness (QED) is 0.530. The molecule has 0 saturated carbocycles. The first-order valence-corrected chi connectivity index (χ1v) is 5.57. The van der Waals surface area contributed by atoms with E-state index in [0.29, 0.717) is 6.54 Å². The summed E-state index contributed by atoms with van der Waals surface area (Å²) in [6.45, 7) is 1.30. The lowest BCUT2D eigenvalue weighted by atomic mass is 10.2. The number of carbonyl (C=O) groups is 2. The van der Waals surface area contributed by atoms with Gasteiger partial charge in [0.2, 0.25) is 11.8 Å². The largest absolute Gasteiger partial charge is 0.378 e. The molecule has 6 nitrogen and oxygen atoms in total. The van der Waals surface area contributed by atoms with Crippen molar-refractivity contribution in [2.45, 2.75) is 25.4 Å². The van der Waals surface area contributed by atoms with E-state index in [2.05, 4.69) is 10.6 Å². The first-order valence-electron chi connectivity index (χ1n) is 5.57. The maximum absolute atomic E-state index is 11.2. The average Bonchev–Trinajstić information content (AvgIpc) is 2.79. The van der Waals surface area contributed by atoms with Crippen LogP contribution in [-0.2, 0) is 14.3 Å². The van der Waals surface area contributed by atoms with Crippen LogP contribution in [0.25, 0.3) is 0 Å². The topological polar surface area (TPSA) is 93.5 Å². The predicted molar refractivity (Wildman–Crippen MR) is 58.7 cm³/mol. The zero-order valence-electron chi connectivity index (χ0n) is 9.33. The van der Waals surface area contributed by atoms with Gasteiger partial charge in [0.15, 0.2) is 0 Å². The first-order chi connectivity index (χ1) is 7.72. The summed E-state index contributed by atoms with van der Waals surface area (Å²) >= 11 is 0. The molecule has 92 valence electrons. The lowest BCUT2D eigenvalue weighted by Gasteiger charge is -2.10. The van der Waals surface area contributed by atoms with Gasteiger partial charge in [-0.3, -0.25) is 9.59 Å². The predicted octanol–water partition coefficient (Wildman–Crippen LogP) is -1.25. The van der Waals surface area contributed by atoms with Gasteiger partial charge in [-0.25, -0.2) is 0 Å². The van der Waals surface area contributed by atoms with Crippen molar-refractivity contribution < 1.29 is 14.3 Å². The van der Waals surface area contributed by atoms with Crippen molar-refractivity contribution in [1.82, 2.24) is 10.6 Å². The molecule has 0 radical (unpaired) electrons. The van der Waals surface area contributed by atoms with Gasteiger partial charge in [0.25, 0.3) is 0 Å². The van der Waals surface area contributed by atoms with E-state index in [1.54, 1.807) is 0 Å². The minimum Gasteiger partial charge on any atom is -0.378 e. The highest BCUT2D eigenvalue weighted by Crippen LogP contribution is 2.14. The second-order valence-electron chi connectivity index (χ2n) is 3.75. The lowest BCUT2D eigenvalue weighted by molar-refractivity contribution is -0.125. The molecular formula is C10H19N3O3. The molecule has 1 fully saturated rings. The van der Waals surface area contributed by atoms with E-state index >= 15 is 0 Å². The maximum atomic E-state index is 11.2. The molecule has 1 unspecified atom stereocenters. The SMILES string of the molecule is NCC(=O)NCC(=O)NCCC1CCCO1. The molecule has 1 rings (SSSR count). The molecule has 0 aliphatic carbocycles. The molecule has 0 spiro atoms. The minimum absolute atomic E-state index is 0.0123. The van der Waals surface area contributed by atoms with Crippen LogP contribution in [0.15, 0.2) is 0 Å². The van der Waals surface area contributed by atoms with Crippen LogP contribution >= 0.6 is 0 Å². The number of ether oxygens (including phenoxy) is 1. The van der Waals surface area contributed by atoms with Crippen LogP contribution in [0.5, 0.6) is 0 Å². The van der Waals surface area contributed by atoms with Gasteiger partial charge in [-0.1, -0.05) is 0 Å². The van der Waals surface area contributed by atoms with Gasteiger partial charge >= 0.3 is 0 Å². The molecule has 1 atom stereocenters. The third-order valence-electron chi connectivity index (χ3n) is 2.44. The molecule has 0 bridgehead atoms. The number of hydrogen-bond acceptors (Lipinski definition) is 4. The summed E-state index contributed by atoms with van der Waals surface area (Å²) < 4.78 is 5.41. The van der Waals surface area contributed by atoms with Crippen LogP contribution in [0, 0.1) is 0 Å². The molecule has 1 heterocycles. The Kier molecular flexibility index (Phi) is 5.81. The minimum atomic E-state index is -0.325.